The number of amides is 1. The van der Waals surface area contributed by atoms with Crippen molar-refractivity contribution in [2.24, 2.45) is 0 Å². The lowest BCUT2D eigenvalue weighted by atomic mass is 10.1. The van der Waals surface area contributed by atoms with Crippen molar-refractivity contribution < 1.29 is 14.3 Å². The Morgan fingerprint density at radius 3 is 2.62 bits per heavy atom. The van der Waals surface area contributed by atoms with Gasteiger partial charge in [0.2, 0.25) is 5.91 Å². The van der Waals surface area contributed by atoms with Crippen LogP contribution in [0, 0.1) is 0 Å². The van der Waals surface area contributed by atoms with Gasteiger partial charge in [0.25, 0.3) is 0 Å². The molecule has 0 atom stereocenters. The molecule has 0 bridgehead atoms. The third-order valence-corrected chi connectivity index (χ3v) is 4.05. The van der Waals surface area contributed by atoms with E-state index in [-0.39, 0.29) is 5.91 Å². The predicted octanol–water partition coefficient (Wildman–Crippen LogP) is 2.38. The van der Waals surface area contributed by atoms with Crippen molar-refractivity contribution in [2.45, 2.75) is 26.1 Å². The lowest BCUT2D eigenvalue weighted by Gasteiger charge is -2.09. The third kappa shape index (κ3) is 4.26. The summed E-state index contributed by atoms with van der Waals surface area (Å²) in [6.07, 6.45) is 0.332. The molecule has 2 N–H and O–H groups in total. The first-order valence-electron chi connectivity index (χ1n) is 8.09. The topological polar surface area (TPSA) is 59.6 Å². The highest BCUT2D eigenvalue weighted by Crippen LogP contribution is 2.18. The number of hydrogen-bond donors (Lipinski definition) is 2. The summed E-state index contributed by atoms with van der Waals surface area (Å²) in [6, 6.07) is 13.7. The van der Waals surface area contributed by atoms with Gasteiger partial charge in [0, 0.05) is 19.6 Å². The summed E-state index contributed by atoms with van der Waals surface area (Å²) in [5.41, 5.74) is 3.80. The normalized spacial score (nSPS) is 12.5. The molecule has 5 nitrogen and oxygen atoms in total. The van der Waals surface area contributed by atoms with Crippen LogP contribution in [0.3, 0.4) is 0 Å². The number of nitrogens with one attached hydrogen (secondary N) is 2. The molecule has 0 fully saturated rings. The summed E-state index contributed by atoms with van der Waals surface area (Å²) in [4.78, 5) is 11.9. The molecule has 2 aromatic rings. The van der Waals surface area contributed by atoms with E-state index in [2.05, 4.69) is 28.8 Å². The fraction of sp³-hybridized carbons (Fsp3) is 0.316. The molecule has 0 radical (unpaired) electrons. The minimum absolute atomic E-state index is 0.0119. The molecule has 1 aliphatic rings. The molecule has 0 spiro atoms. The zero-order chi connectivity index (χ0) is 16.8. The number of carbonyl (C=O) groups is 1. The molecule has 126 valence electrons. The van der Waals surface area contributed by atoms with E-state index >= 15 is 0 Å². The summed E-state index contributed by atoms with van der Waals surface area (Å²) in [5, 5.41) is 6.25. The average molecular weight is 326 g/mol. The average Bonchev–Trinajstić information content (AvgIpc) is 3.08. The molecule has 0 saturated carbocycles. The Bertz CT molecular complexity index is 698. The lowest BCUT2D eigenvalue weighted by molar-refractivity contribution is -0.121. The molecule has 0 aromatic heterocycles. The highest BCUT2D eigenvalue weighted by molar-refractivity contribution is 5.76. The molecule has 1 heterocycles. The zero-order valence-electron chi connectivity index (χ0n) is 13.8. The van der Waals surface area contributed by atoms with Crippen LogP contribution in [0.1, 0.15) is 23.1 Å². The van der Waals surface area contributed by atoms with Gasteiger partial charge in [0.15, 0.2) is 0 Å². The highest BCUT2D eigenvalue weighted by atomic mass is 16.5. The van der Waals surface area contributed by atoms with E-state index in [4.69, 9.17) is 9.47 Å². The van der Waals surface area contributed by atoms with Gasteiger partial charge in [0.05, 0.1) is 20.1 Å². The molecule has 0 aliphatic carbocycles. The van der Waals surface area contributed by atoms with Crippen LogP contribution < -0.4 is 20.1 Å². The summed E-state index contributed by atoms with van der Waals surface area (Å²) in [5.74, 6) is 1.50. The minimum Gasteiger partial charge on any atom is -0.497 e. The molecule has 1 aliphatic heterocycles. The molecule has 2 aromatic carbocycles. The van der Waals surface area contributed by atoms with Crippen molar-refractivity contribution in [1.29, 1.82) is 0 Å². The van der Waals surface area contributed by atoms with Gasteiger partial charge in [-0.05, 0) is 41.0 Å². The Labute approximate surface area is 142 Å². The lowest BCUT2D eigenvalue weighted by Crippen LogP contribution is -2.24. The van der Waals surface area contributed by atoms with E-state index in [1.807, 2.05) is 24.3 Å². The van der Waals surface area contributed by atoms with Gasteiger partial charge in [-0.2, -0.15) is 0 Å². The fourth-order valence-electron chi connectivity index (χ4n) is 2.68. The highest BCUT2D eigenvalue weighted by Gasteiger charge is 2.10. The quantitative estimate of drug-likeness (QED) is 0.820. The van der Waals surface area contributed by atoms with E-state index in [0.29, 0.717) is 19.6 Å². The maximum atomic E-state index is 11.9. The molecule has 0 unspecified atom stereocenters. The van der Waals surface area contributed by atoms with Crippen molar-refractivity contribution in [2.75, 3.05) is 13.7 Å². The van der Waals surface area contributed by atoms with Gasteiger partial charge in [-0.15, -0.1) is 0 Å². The SMILES string of the molecule is COc1ccc(OCCC(=O)NCc2ccc3c(c2)CNC3)cc1. The summed E-state index contributed by atoms with van der Waals surface area (Å²) in [7, 11) is 1.62. The number of methoxy groups -OCH3 is 1. The maximum Gasteiger partial charge on any atom is 0.223 e. The van der Waals surface area contributed by atoms with Crippen molar-refractivity contribution in [1.82, 2.24) is 10.6 Å². The Morgan fingerprint density at radius 1 is 1.08 bits per heavy atom. The van der Waals surface area contributed by atoms with E-state index in [0.717, 1.165) is 30.2 Å². The smallest absolute Gasteiger partial charge is 0.223 e. The van der Waals surface area contributed by atoms with E-state index in [1.165, 1.54) is 11.1 Å². The van der Waals surface area contributed by atoms with Gasteiger partial charge in [0.1, 0.15) is 11.5 Å². The van der Waals surface area contributed by atoms with E-state index in [1.54, 1.807) is 7.11 Å². The second kappa shape index (κ2) is 7.84. The number of fused-ring (bicyclic) bond motifs is 1. The number of rotatable bonds is 7. The summed E-state index contributed by atoms with van der Waals surface area (Å²) in [6.45, 7) is 2.75. The van der Waals surface area contributed by atoms with Crippen molar-refractivity contribution in [3.8, 4) is 11.5 Å². The van der Waals surface area contributed by atoms with Crippen LogP contribution in [-0.4, -0.2) is 19.6 Å². The third-order valence-electron chi connectivity index (χ3n) is 4.05. The largest absolute Gasteiger partial charge is 0.497 e. The molecule has 1 amide bonds. The first-order chi connectivity index (χ1) is 11.7. The van der Waals surface area contributed by atoms with Gasteiger partial charge in [-0.3, -0.25) is 4.79 Å². The van der Waals surface area contributed by atoms with Gasteiger partial charge < -0.3 is 20.1 Å². The van der Waals surface area contributed by atoms with Crippen molar-refractivity contribution in [3.63, 3.8) is 0 Å². The number of hydrogen-bond acceptors (Lipinski definition) is 4. The van der Waals surface area contributed by atoms with E-state index in [9.17, 15) is 4.79 Å². The first-order valence-corrected chi connectivity index (χ1v) is 8.09. The Hall–Kier alpha value is -2.53. The standard InChI is InChI=1S/C19H22N2O3/c1-23-17-4-6-18(7-5-17)24-9-8-19(22)21-11-14-2-3-15-12-20-13-16(15)10-14/h2-7,10,20H,8-9,11-13H2,1H3,(H,21,22). The second-order valence-corrected chi connectivity index (χ2v) is 5.76. The van der Waals surface area contributed by atoms with Gasteiger partial charge >= 0.3 is 0 Å². The number of benzene rings is 2. The van der Waals surface area contributed by atoms with Crippen LogP contribution >= 0.6 is 0 Å². The van der Waals surface area contributed by atoms with Crippen LogP contribution in [0.25, 0.3) is 0 Å². The van der Waals surface area contributed by atoms with Gasteiger partial charge in [-0.25, -0.2) is 0 Å². The summed E-state index contributed by atoms with van der Waals surface area (Å²) < 4.78 is 10.7. The molecule has 5 heteroatoms. The molecule has 3 rings (SSSR count). The predicted molar refractivity (Wildman–Crippen MR) is 91.9 cm³/mol. The number of carbonyl (C=O) groups excluding carboxylic acids is 1. The minimum atomic E-state index is -0.0119. The van der Waals surface area contributed by atoms with Crippen LogP contribution in [0.4, 0.5) is 0 Å². The molecular formula is C19H22N2O3. The Balaban J connectivity index is 1.39. The van der Waals surface area contributed by atoms with Crippen molar-refractivity contribution in [3.05, 3.63) is 59.2 Å². The van der Waals surface area contributed by atoms with Crippen LogP contribution in [0.5, 0.6) is 11.5 Å². The molecule has 24 heavy (non-hydrogen) atoms. The Kier molecular flexibility index (Phi) is 5.33. The summed E-state index contributed by atoms with van der Waals surface area (Å²) >= 11 is 0. The maximum absolute atomic E-state index is 11.9. The number of ether oxygens (including phenoxy) is 2. The molecular weight excluding hydrogens is 304 g/mol. The van der Waals surface area contributed by atoms with E-state index < -0.39 is 0 Å². The monoisotopic (exact) mass is 326 g/mol. The molecule has 0 saturated heterocycles. The van der Waals surface area contributed by atoms with Crippen molar-refractivity contribution >= 4 is 5.91 Å². The fourth-order valence-corrected chi connectivity index (χ4v) is 2.68. The van der Waals surface area contributed by atoms with Crippen LogP contribution in [0.15, 0.2) is 42.5 Å². The Morgan fingerprint density at radius 2 is 1.83 bits per heavy atom. The van der Waals surface area contributed by atoms with Crippen LogP contribution in [0.2, 0.25) is 0 Å². The zero-order valence-corrected chi connectivity index (χ0v) is 13.8. The first kappa shape index (κ1) is 16.3. The van der Waals surface area contributed by atoms with Gasteiger partial charge in [-0.1, -0.05) is 18.2 Å². The van der Waals surface area contributed by atoms with Crippen LogP contribution in [-0.2, 0) is 24.4 Å². The second-order valence-electron chi connectivity index (χ2n) is 5.76.